The van der Waals surface area contributed by atoms with Crippen molar-refractivity contribution in [3.8, 4) is 11.5 Å². The van der Waals surface area contributed by atoms with Crippen LogP contribution in [0.3, 0.4) is 0 Å². The van der Waals surface area contributed by atoms with Crippen LogP contribution in [0.15, 0.2) is 41.2 Å². The second-order valence-corrected chi connectivity index (χ2v) is 11.1. The molecule has 3 aromatic rings. The molecule has 1 atom stereocenters. The van der Waals surface area contributed by atoms with Crippen LogP contribution in [-0.2, 0) is 20.6 Å². The maximum atomic E-state index is 14.0. The number of hydrogen-bond donors (Lipinski definition) is 2. The summed E-state index contributed by atoms with van der Waals surface area (Å²) in [5.74, 6) is 1.27. The maximum Gasteiger partial charge on any atom is 0.494 e. The van der Waals surface area contributed by atoms with E-state index in [2.05, 4.69) is 5.32 Å². The lowest BCUT2D eigenvalue weighted by Gasteiger charge is -2.32. The molecule has 1 aromatic heterocycles. The molecule has 2 N–H and O–H groups in total. The SMILES string of the molecule is COc1ccc(Cn2c(=O)c(C=N)c(NC3CCOC3)c3ccc(B4OC(C)(C)C(C)(C)O4)cc32)c(OC)c1. The van der Waals surface area contributed by atoms with Gasteiger partial charge >= 0.3 is 7.12 Å². The molecule has 5 rings (SSSR count). The van der Waals surface area contributed by atoms with E-state index in [1.165, 1.54) is 0 Å². The number of anilines is 1. The molecule has 3 heterocycles. The van der Waals surface area contributed by atoms with Gasteiger partial charge in [-0.3, -0.25) is 4.79 Å². The summed E-state index contributed by atoms with van der Waals surface area (Å²) in [6.07, 6.45) is 1.96. The smallest absolute Gasteiger partial charge is 0.494 e. The molecular formula is C29H36BN3O6. The number of aromatic nitrogens is 1. The van der Waals surface area contributed by atoms with E-state index < -0.39 is 18.3 Å². The van der Waals surface area contributed by atoms with Crippen LogP contribution in [0, 0.1) is 5.41 Å². The predicted molar refractivity (Wildman–Crippen MR) is 153 cm³/mol. The highest BCUT2D eigenvalue weighted by molar-refractivity contribution is 6.62. The number of nitrogens with one attached hydrogen (secondary N) is 2. The highest BCUT2D eigenvalue weighted by Crippen LogP contribution is 2.37. The molecule has 0 bridgehead atoms. The number of methoxy groups -OCH3 is 2. The summed E-state index contributed by atoms with van der Waals surface area (Å²) in [5.41, 5.74) is 1.99. The number of hydrogen-bond acceptors (Lipinski definition) is 8. The molecule has 2 fully saturated rings. The molecule has 206 valence electrons. The largest absolute Gasteiger partial charge is 0.497 e. The summed E-state index contributed by atoms with van der Waals surface area (Å²) in [6.45, 7) is 9.52. The van der Waals surface area contributed by atoms with Crippen LogP contribution < -0.4 is 25.8 Å². The number of fused-ring (bicyclic) bond motifs is 1. The molecule has 0 radical (unpaired) electrons. The third-order valence-electron chi connectivity index (χ3n) is 8.10. The van der Waals surface area contributed by atoms with Crippen molar-refractivity contribution in [3.05, 3.63) is 57.9 Å². The first-order valence-electron chi connectivity index (χ1n) is 13.2. The summed E-state index contributed by atoms with van der Waals surface area (Å²) in [5, 5.41) is 12.5. The van der Waals surface area contributed by atoms with E-state index in [1.807, 2.05) is 58.0 Å². The van der Waals surface area contributed by atoms with Crippen molar-refractivity contribution in [3.63, 3.8) is 0 Å². The Morgan fingerprint density at radius 1 is 1.10 bits per heavy atom. The van der Waals surface area contributed by atoms with Crippen molar-refractivity contribution in [2.24, 2.45) is 0 Å². The Balaban J connectivity index is 1.69. The first-order valence-corrected chi connectivity index (χ1v) is 13.2. The highest BCUT2D eigenvalue weighted by Gasteiger charge is 2.51. The van der Waals surface area contributed by atoms with Crippen LogP contribution in [-0.4, -0.2) is 62.6 Å². The first kappa shape index (κ1) is 27.2. The molecule has 2 aliphatic rings. The van der Waals surface area contributed by atoms with Crippen molar-refractivity contribution in [1.82, 2.24) is 4.57 Å². The monoisotopic (exact) mass is 533 g/mol. The molecule has 0 aliphatic carbocycles. The zero-order valence-corrected chi connectivity index (χ0v) is 23.4. The van der Waals surface area contributed by atoms with Gasteiger partial charge in [-0.25, -0.2) is 0 Å². The number of benzene rings is 2. The molecule has 39 heavy (non-hydrogen) atoms. The zero-order valence-electron chi connectivity index (χ0n) is 23.4. The summed E-state index contributed by atoms with van der Waals surface area (Å²) in [6, 6.07) is 11.5. The van der Waals surface area contributed by atoms with E-state index in [-0.39, 0.29) is 18.1 Å². The number of ether oxygens (including phenoxy) is 3. The molecule has 9 nitrogen and oxygen atoms in total. The fraction of sp³-hybridized carbons (Fsp3) is 0.448. The van der Waals surface area contributed by atoms with Crippen molar-refractivity contribution in [2.45, 2.75) is 57.9 Å². The minimum Gasteiger partial charge on any atom is -0.497 e. The molecular weight excluding hydrogens is 497 g/mol. The van der Waals surface area contributed by atoms with Crippen molar-refractivity contribution >= 4 is 35.4 Å². The molecule has 2 saturated heterocycles. The highest BCUT2D eigenvalue weighted by atomic mass is 16.7. The quantitative estimate of drug-likeness (QED) is 0.337. The standard InChI is InChI=1S/C29H36BN3O6/c1-28(2)29(3,4)39-30(38-28)19-8-10-22-24(13-19)33(16-18-7-9-21(35-5)14-25(18)36-6)27(34)23(15-31)26(22)32-20-11-12-37-17-20/h7-10,13-15,20,31-32H,11-12,16-17H2,1-6H3. The third-order valence-corrected chi connectivity index (χ3v) is 8.10. The fourth-order valence-electron chi connectivity index (χ4n) is 5.07. The number of nitrogens with zero attached hydrogens (tertiary/aromatic N) is 1. The summed E-state index contributed by atoms with van der Waals surface area (Å²) >= 11 is 0. The van der Waals surface area contributed by atoms with Gasteiger partial charge in [0.2, 0.25) is 0 Å². The average Bonchev–Trinajstić information content (AvgIpc) is 3.50. The Hall–Kier alpha value is -3.34. The zero-order chi connectivity index (χ0) is 27.9. The van der Waals surface area contributed by atoms with Gasteiger partial charge in [-0.15, -0.1) is 0 Å². The molecule has 10 heteroatoms. The topological polar surface area (TPSA) is 104 Å². The lowest BCUT2D eigenvalue weighted by atomic mass is 9.78. The number of pyridine rings is 1. The molecule has 0 saturated carbocycles. The van der Waals surface area contributed by atoms with Gasteiger partial charge in [-0.05, 0) is 57.8 Å². The van der Waals surface area contributed by atoms with Crippen LogP contribution in [0.1, 0.15) is 45.2 Å². The van der Waals surface area contributed by atoms with Gasteiger partial charge in [0.1, 0.15) is 11.5 Å². The summed E-state index contributed by atoms with van der Waals surface area (Å²) in [4.78, 5) is 14.0. The van der Waals surface area contributed by atoms with E-state index in [0.29, 0.717) is 41.5 Å². The Bertz CT molecular complexity index is 1450. The Labute approximate surface area is 229 Å². The van der Waals surface area contributed by atoms with Crippen molar-refractivity contribution in [2.75, 3.05) is 32.8 Å². The third kappa shape index (κ3) is 4.92. The summed E-state index contributed by atoms with van der Waals surface area (Å²) < 4.78 is 30.9. The van der Waals surface area contributed by atoms with E-state index in [0.717, 1.165) is 29.0 Å². The minimum atomic E-state index is -0.583. The first-order chi connectivity index (χ1) is 18.6. The van der Waals surface area contributed by atoms with Crippen LogP contribution >= 0.6 is 0 Å². The van der Waals surface area contributed by atoms with Crippen LogP contribution in [0.2, 0.25) is 0 Å². The summed E-state index contributed by atoms with van der Waals surface area (Å²) in [7, 11) is 2.61. The lowest BCUT2D eigenvalue weighted by Crippen LogP contribution is -2.41. The Kier molecular flexibility index (Phi) is 7.22. The van der Waals surface area contributed by atoms with E-state index >= 15 is 0 Å². The maximum absolute atomic E-state index is 14.0. The van der Waals surface area contributed by atoms with Crippen LogP contribution in [0.5, 0.6) is 11.5 Å². The Morgan fingerprint density at radius 2 is 1.85 bits per heavy atom. The van der Waals surface area contributed by atoms with Gasteiger partial charge in [-0.2, -0.15) is 0 Å². The average molecular weight is 533 g/mol. The van der Waals surface area contributed by atoms with Crippen molar-refractivity contribution in [1.29, 1.82) is 5.41 Å². The Morgan fingerprint density at radius 3 is 2.46 bits per heavy atom. The van der Waals surface area contributed by atoms with Gasteiger partial charge in [0, 0.05) is 29.8 Å². The van der Waals surface area contributed by atoms with E-state index in [1.54, 1.807) is 24.9 Å². The van der Waals surface area contributed by atoms with Crippen molar-refractivity contribution < 1.29 is 23.5 Å². The molecule has 1 unspecified atom stereocenters. The van der Waals surface area contributed by atoms with Gasteiger partial charge in [0.25, 0.3) is 5.56 Å². The predicted octanol–water partition coefficient (Wildman–Crippen LogP) is 3.56. The van der Waals surface area contributed by atoms with Crippen LogP contribution in [0.25, 0.3) is 10.9 Å². The molecule has 0 amide bonds. The van der Waals surface area contributed by atoms with Gasteiger partial charge in [0.05, 0.1) is 61.4 Å². The normalized spacial score (nSPS) is 19.8. The lowest BCUT2D eigenvalue weighted by molar-refractivity contribution is 0.00578. The van der Waals surface area contributed by atoms with Gasteiger partial charge in [-0.1, -0.05) is 12.1 Å². The minimum absolute atomic E-state index is 0.0617. The second-order valence-electron chi connectivity index (χ2n) is 11.1. The van der Waals surface area contributed by atoms with Crippen LogP contribution in [0.4, 0.5) is 5.69 Å². The van der Waals surface area contributed by atoms with Gasteiger partial charge in [0.15, 0.2) is 0 Å². The van der Waals surface area contributed by atoms with E-state index in [9.17, 15) is 4.79 Å². The molecule has 2 aromatic carbocycles. The van der Waals surface area contributed by atoms with E-state index in [4.69, 9.17) is 28.9 Å². The number of rotatable bonds is 8. The molecule has 2 aliphatic heterocycles. The molecule has 0 spiro atoms. The second kappa shape index (κ2) is 10.3. The van der Waals surface area contributed by atoms with Gasteiger partial charge < -0.3 is 38.8 Å². The fourth-order valence-corrected chi connectivity index (χ4v) is 5.07.